The normalized spacial score (nSPS) is 19.2. The van der Waals surface area contributed by atoms with E-state index in [0.717, 1.165) is 10.0 Å². The van der Waals surface area contributed by atoms with Gasteiger partial charge in [-0.2, -0.15) is 0 Å². The van der Waals surface area contributed by atoms with E-state index >= 15 is 0 Å². The molecular weight excluding hydrogens is 564 g/mol. The molecule has 3 atom stereocenters. The fourth-order valence-corrected chi connectivity index (χ4v) is 5.45. The summed E-state index contributed by atoms with van der Waals surface area (Å²) >= 11 is 3.48. The lowest BCUT2D eigenvalue weighted by molar-refractivity contribution is -0.127. The molecule has 1 fully saturated rings. The first-order valence-corrected chi connectivity index (χ1v) is 14.1. The largest absolute Gasteiger partial charge is 0.352 e. The van der Waals surface area contributed by atoms with Crippen LogP contribution in [-0.4, -0.2) is 30.4 Å². The smallest absolute Gasteiger partial charge is 0.234 e. The molecule has 1 aliphatic carbocycles. The molecule has 0 unspecified atom stereocenters. The molecule has 3 aromatic rings. The number of hydrogen-bond acceptors (Lipinski definition) is 3. The summed E-state index contributed by atoms with van der Waals surface area (Å²) in [6.45, 7) is 4.23. The van der Waals surface area contributed by atoms with Crippen LogP contribution in [0.15, 0.2) is 77.3 Å². The van der Waals surface area contributed by atoms with Gasteiger partial charge in [0, 0.05) is 22.5 Å². The second-order valence-electron chi connectivity index (χ2n) is 10.4. The van der Waals surface area contributed by atoms with E-state index in [1.807, 2.05) is 38.1 Å². The highest BCUT2D eigenvalue weighted by atomic mass is 79.9. The Labute approximate surface area is 236 Å². The quantitative estimate of drug-likeness (QED) is 0.283. The Morgan fingerprint density at radius 1 is 0.872 bits per heavy atom. The second kappa shape index (κ2) is 13.3. The van der Waals surface area contributed by atoms with Crippen molar-refractivity contribution in [1.29, 1.82) is 0 Å². The first kappa shape index (κ1) is 28.9. The standard InChI is InChI=1S/C31H34BrF2N3O2/c1-19(2)35-18-29(38)36-26-15-16-27(28(17-26)20-3-9-23(32)10-4-20)31(39)37-30(21-5-11-24(33)12-6-21)22-7-13-25(34)14-8-22/h3-14,19,26-28,30,35H,15-18H2,1-2H3,(H,36,38)(H,37,39)/t26-,27-,28+/m1/s1. The maximum atomic E-state index is 13.9. The third kappa shape index (κ3) is 7.96. The lowest BCUT2D eigenvalue weighted by atomic mass is 9.73. The Bertz CT molecular complexity index is 1200. The van der Waals surface area contributed by atoms with E-state index in [2.05, 4.69) is 31.9 Å². The van der Waals surface area contributed by atoms with Gasteiger partial charge in [-0.25, -0.2) is 8.78 Å². The van der Waals surface area contributed by atoms with Crippen LogP contribution < -0.4 is 16.0 Å². The highest BCUT2D eigenvalue weighted by Crippen LogP contribution is 2.39. The van der Waals surface area contributed by atoms with Gasteiger partial charge in [0.25, 0.3) is 0 Å². The highest BCUT2D eigenvalue weighted by molar-refractivity contribution is 9.10. The minimum atomic E-state index is -0.566. The summed E-state index contributed by atoms with van der Waals surface area (Å²) in [7, 11) is 0. The molecule has 0 heterocycles. The molecule has 0 aromatic heterocycles. The summed E-state index contributed by atoms with van der Waals surface area (Å²) in [6.07, 6.45) is 1.90. The summed E-state index contributed by atoms with van der Waals surface area (Å²) in [5, 5.41) is 9.44. The number of carbonyl (C=O) groups excluding carboxylic acids is 2. The fourth-order valence-electron chi connectivity index (χ4n) is 5.19. The first-order chi connectivity index (χ1) is 18.7. The third-order valence-electron chi connectivity index (χ3n) is 7.21. The van der Waals surface area contributed by atoms with Crippen molar-refractivity contribution in [2.24, 2.45) is 5.92 Å². The van der Waals surface area contributed by atoms with Crippen LogP contribution >= 0.6 is 15.9 Å². The van der Waals surface area contributed by atoms with Crippen molar-refractivity contribution in [3.63, 3.8) is 0 Å². The SMILES string of the molecule is CC(C)NCC(=O)N[C@@H]1CC[C@@H](C(=O)NC(c2ccc(F)cc2)c2ccc(F)cc2)[C@H](c2ccc(Br)cc2)C1. The van der Waals surface area contributed by atoms with Crippen LogP contribution in [0.1, 0.15) is 61.8 Å². The van der Waals surface area contributed by atoms with E-state index in [0.29, 0.717) is 30.4 Å². The minimum Gasteiger partial charge on any atom is -0.352 e. The van der Waals surface area contributed by atoms with Crippen LogP contribution in [0.3, 0.4) is 0 Å². The average Bonchev–Trinajstić information content (AvgIpc) is 2.92. The van der Waals surface area contributed by atoms with Gasteiger partial charge in [0.2, 0.25) is 11.8 Å². The molecule has 39 heavy (non-hydrogen) atoms. The highest BCUT2D eigenvalue weighted by Gasteiger charge is 2.37. The van der Waals surface area contributed by atoms with Crippen LogP contribution in [0.5, 0.6) is 0 Å². The second-order valence-corrected chi connectivity index (χ2v) is 11.3. The summed E-state index contributed by atoms with van der Waals surface area (Å²) < 4.78 is 28.3. The van der Waals surface area contributed by atoms with Crippen LogP contribution in [0.2, 0.25) is 0 Å². The first-order valence-electron chi connectivity index (χ1n) is 13.3. The molecule has 0 bridgehead atoms. The third-order valence-corrected chi connectivity index (χ3v) is 7.74. The topological polar surface area (TPSA) is 70.2 Å². The van der Waals surface area contributed by atoms with Crippen molar-refractivity contribution in [3.05, 3.63) is 106 Å². The molecule has 206 valence electrons. The van der Waals surface area contributed by atoms with E-state index in [-0.39, 0.29) is 53.9 Å². The molecule has 0 spiro atoms. The van der Waals surface area contributed by atoms with Gasteiger partial charge in [0.05, 0.1) is 12.6 Å². The number of halogens is 3. The van der Waals surface area contributed by atoms with Gasteiger partial charge in [-0.05, 0) is 78.3 Å². The van der Waals surface area contributed by atoms with Crippen molar-refractivity contribution in [2.75, 3.05) is 6.54 Å². The summed E-state index contributed by atoms with van der Waals surface area (Å²) in [5.41, 5.74) is 2.43. The van der Waals surface area contributed by atoms with E-state index in [9.17, 15) is 18.4 Å². The van der Waals surface area contributed by atoms with Crippen molar-refractivity contribution in [3.8, 4) is 0 Å². The number of rotatable bonds is 9. The Morgan fingerprint density at radius 3 is 1.97 bits per heavy atom. The Balaban J connectivity index is 1.57. The molecule has 3 aromatic carbocycles. The fraction of sp³-hybridized carbons (Fsp3) is 0.355. The molecule has 0 radical (unpaired) electrons. The molecule has 0 aliphatic heterocycles. The lowest BCUT2D eigenvalue weighted by Crippen LogP contribution is -2.47. The molecule has 5 nitrogen and oxygen atoms in total. The monoisotopic (exact) mass is 597 g/mol. The molecule has 3 N–H and O–H groups in total. The maximum Gasteiger partial charge on any atom is 0.234 e. The molecule has 4 rings (SSSR count). The molecule has 0 saturated heterocycles. The molecular formula is C31H34BrF2N3O2. The van der Waals surface area contributed by atoms with Gasteiger partial charge in [-0.1, -0.05) is 66.2 Å². The zero-order chi connectivity index (χ0) is 27.9. The number of carbonyl (C=O) groups is 2. The summed E-state index contributed by atoms with van der Waals surface area (Å²) in [4.78, 5) is 26.4. The van der Waals surface area contributed by atoms with Crippen LogP contribution in [0.4, 0.5) is 8.78 Å². The average molecular weight is 599 g/mol. The maximum absolute atomic E-state index is 13.9. The molecule has 2 amide bonds. The zero-order valence-electron chi connectivity index (χ0n) is 22.1. The summed E-state index contributed by atoms with van der Waals surface area (Å²) in [5.74, 6) is -1.38. The van der Waals surface area contributed by atoms with Gasteiger partial charge in [0.15, 0.2) is 0 Å². The Hall–Kier alpha value is -3.10. The minimum absolute atomic E-state index is 0.0471. The number of amides is 2. The van der Waals surface area contributed by atoms with E-state index in [4.69, 9.17) is 0 Å². The zero-order valence-corrected chi connectivity index (χ0v) is 23.7. The van der Waals surface area contributed by atoms with Crippen molar-refractivity contribution >= 4 is 27.7 Å². The van der Waals surface area contributed by atoms with Crippen molar-refractivity contribution < 1.29 is 18.4 Å². The van der Waals surface area contributed by atoms with Crippen LogP contribution in [0.25, 0.3) is 0 Å². The lowest BCUT2D eigenvalue weighted by Gasteiger charge is -2.37. The van der Waals surface area contributed by atoms with Gasteiger partial charge in [-0.3, -0.25) is 9.59 Å². The van der Waals surface area contributed by atoms with E-state index in [1.165, 1.54) is 24.3 Å². The van der Waals surface area contributed by atoms with Crippen LogP contribution in [0, 0.1) is 17.6 Å². The molecule has 1 saturated carbocycles. The molecule has 1 aliphatic rings. The summed E-state index contributed by atoms with van der Waals surface area (Å²) in [6, 6.07) is 19.5. The Morgan fingerprint density at radius 2 is 1.44 bits per heavy atom. The van der Waals surface area contributed by atoms with Gasteiger partial charge >= 0.3 is 0 Å². The Kier molecular flexibility index (Phi) is 9.86. The number of hydrogen-bond donors (Lipinski definition) is 3. The van der Waals surface area contributed by atoms with Crippen molar-refractivity contribution in [1.82, 2.24) is 16.0 Å². The van der Waals surface area contributed by atoms with Crippen LogP contribution in [-0.2, 0) is 9.59 Å². The number of nitrogens with one attached hydrogen (secondary N) is 3. The van der Waals surface area contributed by atoms with E-state index < -0.39 is 6.04 Å². The predicted octanol–water partition coefficient (Wildman–Crippen LogP) is 6.00. The van der Waals surface area contributed by atoms with Gasteiger partial charge < -0.3 is 16.0 Å². The van der Waals surface area contributed by atoms with Crippen molar-refractivity contribution in [2.45, 2.75) is 57.2 Å². The number of benzene rings is 3. The van der Waals surface area contributed by atoms with Gasteiger partial charge in [-0.15, -0.1) is 0 Å². The van der Waals surface area contributed by atoms with E-state index in [1.54, 1.807) is 24.3 Å². The predicted molar refractivity (Wildman–Crippen MR) is 152 cm³/mol. The molecule has 8 heteroatoms. The van der Waals surface area contributed by atoms with Gasteiger partial charge in [0.1, 0.15) is 11.6 Å².